The molecule has 68 valence electrons. The minimum atomic E-state index is -0.415. The average molecular weight is 210 g/mol. The van der Waals surface area contributed by atoms with Crippen molar-refractivity contribution in [1.82, 2.24) is 0 Å². The van der Waals surface area contributed by atoms with Gasteiger partial charge in [0.1, 0.15) is 5.82 Å². The first-order valence-corrected chi connectivity index (χ1v) is 3.69. The second-order valence-electron chi connectivity index (χ2n) is 2.46. The molecule has 0 aliphatic rings. The first-order chi connectivity index (χ1) is 5.11. The van der Waals surface area contributed by atoms with E-state index in [0.717, 1.165) is 5.56 Å². The molecule has 0 saturated carbocycles. The molecule has 1 rings (SSSR count). The highest BCUT2D eigenvalue weighted by Gasteiger charge is 2.03. The van der Waals surface area contributed by atoms with Crippen molar-refractivity contribution in [1.29, 1.82) is 0 Å². The monoisotopic (exact) mass is 209 g/mol. The van der Waals surface area contributed by atoms with Gasteiger partial charge in [-0.15, -0.1) is 12.4 Å². The Morgan fingerprint density at radius 1 is 1.50 bits per heavy atom. The Morgan fingerprint density at radius 2 is 2.08 bits per heavy atom. The van der Waals surface area contributed by atoms with Crippen LogP contribution in [0, 0.1) is 5.82 Å². The summed E-state index contributed by atoms with van der Waals surface area (Å²) in [5.74, 6) is -0.415. The first kappa shape index (κ1) is 11.7. The fourth-order valence-electron chi connectivity index (χ4n) is 0.796. The van der Waals surface area contributed by atoms with Crippen molar-refractivity contribution in [3.63, 3.8) is 0 Å². The summed E-state index contributed by atoms with van der Waals surface area (Å²) in [5, 5.41) is 0.134. The zero-order valence-corrected chi connectivity index (χ0v) is 8.12. The first-order valence-electron chi connectivity index (χ1n) is 3.32. The van der Waals surface area contributed by atoms with Gasteiger partial charge in [0.15, 0.2) is 0 Å². The summed E-state index contributed by atoms with van der Waals surface area (Å²) in [5.41, 5.74) is 6.28. The van der Waals surface area contributed by atoms with Crippen LogP contribution in [0.3, 0.4) is 0 Å². The molecule has 0 amide bonds. The summed E-state index contributed by atoms with van der Waals surface area (Å²) >= 11 is 5.47. The van der Waals surface area contributed by atoms with Crippen molar-refractivity contribution in [3.8, 4) is 0 Å². The second-order valence-corrected chi connectivity index (χ2v) is 2.87. The standard InChI is InChI=1S/C8H9ClFN.ClH/c1-5(11)6-2-3-7(9)8(10)4-6;/h2-5H,11H2,1H3;1H/t5-;/m1./s1. The summed E-state index contributed by atoms with van der Waals surface area (Å²) in [6, 6.07) is 4.43. The van der Waals surface area contributed by atoms with Crippen molar-refractivity contribution in [2.45, 2.75) is 13.0 Å². The van der Waals surface area contributed by atoms with Crippen LogP contribution in [0.5, 0.6) is 0 Å². The third kappa shape index (κ3) is 2.63. The number of nitrogens with two attached hydrogens (primary N) is 1. The van der Waals surface area contributed by atoms with E-state index >= 15 is 0 Å². The molecule has 0 aromatic heterocycles. The average Bonchev–Trinajstić information content (AvgIpc) is 1.94. The van der Waals surface area contributed by atoms with Crippen LogP contribution in [-0.2, 0) is 0 Å². The normalized spacial score (nSPS) is 12.0. The summed E-state index contributed by atoms with van der Waals surface area (Å²) < 4.78 is 12.8. The smallest absolute Gasteiger partial charge is 0.142 e. The molecule has 0 fully saturated rings. The molecule has 12 heavy (non-hydrogen) atoms. The number of halogens is 3. The second kappa shape index (κ2) is 4.65. The highest BCUT2D eigenvalue weighted by Crippen LogP contribution is 2.18. The fraction of sp³-hybridized carbons (Fsp3) is 0.250. The van der Waals surface area contributed by atoms with Gasteiger partial charge in [-0.2, -0.15) is 0 Å². The van der Waals surface area contributed by atoms with Crippen molar-refractivity contribution < 1.29 is 4.39 Å². The van der Waals surface area contributed by atoms with Crippen molar-refractivity contribution in [3.05, 3.63) is 34.6 Å². The van der Waals surface area contributed by atoms with Gasteiger partial charge in [-0.3, -0.25) is 0 Å². The Labute approximate surface area is 82.1 Å². The maximum Gasteiger partial charge on any atom is 0.142 e. The third-order valence-corrected chi connectivity index (χ3v) is 1.78. The predicted molar refractivity (Wildman–Crippen MR) is 51.3 cm³/mol. The van der Waals surface area contributed by atoms with Crippen molar-refractivity contribution >= 4 is 24.0 Å². The van der Waals surface area contributed by atoms with Crippen LogP contribution in [-0.4, -0.2) is 0 Å². The lowest BCUT2D eigenvalue weighted by atomic mass is 10.1. The van der Waals surface area contributed by atoms with Crippen LogP contribution in [0.25, 0.3) is 0 Å². The van der Waals surface area contributed by atoms with E-state index in [2.05, 4.69) is 0 Å². The van der Waals surface area contributed by atoms with Gasteiger partial charge in [0.05, 0.1) is 5.02 Å². The molecule has 1 atom stereocenters. The topological polar surface area (TPSA) is 26.0 Å². The van der Waals surface area contributed by atoms with Gasteiger partial charge >= 0.3 is 0 Å². The Kier molecular flexibility index (Phi) is 4.53. The number of hydrogen-bond acceptors (Lipinski definition) is 1. The zero-order chi connectivity index (χ0) is 8.43. The molecule has 1 aromatic carbocycles. The maximum atomic E-state index is 12.8. The fourth-order valence-corrected chi connectivity index (χ4v) is 0.913. The molecule has 0 aliphatic heterocycles. The van der Waals surface area contributed by atoms with Crippen LogP contribution < -0.4 is 5.73 Å². The summed E-state index contributed by atoms with van der Waals surface area (Å²) in [6.07, 6.45) is 0. The van der Waals surface area contributed by atoms with E-state index < -0.39 is 5.82 Å². The van der Waals surface area contributed by atoms with E-state index in [1.165, 1.54) is 12.1 Å². The largest absolute Gasteiger partial charge is 0.324 e. The number of benzene rings is 1. The molecule has 0 unspecified atom stereocenters. The van der Waals surface area contributed by atoms with Crippen LogP contribution in [0.4, 0.5) is 4.39 Å². The number of hydrogen-bond donors (Lipinski definition) is 1. The van der Waals surface area contributed by atoms with Crippen LogP contribution in [0.15, 0.2) is 18.2 Å². The zero-order valence-electron chi connectivity index (χ0n) is 6.55. The van der Waals surface area contributed by atoms with Crippen molar-refractivity contribution in [2.24, 2.45) is 5.73 Å². The quantitative estimate of drug-likeness (QED) is 0.757. The molecule has 0 spiro atoms. The summed E-state index contributed by atoms with van der Waals surface area (Å²) in [6.45, 7) is 1.79. The molecule has 1 nitrogen and oxygen atoms in total. The van der Waals surface area contributed by atoms with E-state index in [4.69, 9.17) is 17.3 Å². The van der Waals surface area contributed by atoms with Gasteiger partial charge in [-0.25, -0.2) is 4.39 Å². The lowest BCUT2D eigenvalue weighted by Crippen LogP contribution is -2.04. The van der Waals surface area contributed by atoms with Crippen LogP contribution in [0.2, 0.25) is 5.02 Å². The Hall–Kier alpha value is -0.310. The SMILES string of the molecule is C[C@@H](N)c1ccc(Cl)c(F)c1.Cl. The van der Waals surface area contributed by atoms with E-state index in [1.807, 2.05) is 0 Å². The number of rotatable bonds is 1. The van der Waals surface area contributed by atoms with Gasteiger partial charge in [-0.1, -0.05) is 17.7 Å². The van der Waals surface area contributed by atoms with E-state index in [0.29, 0.717) is 0 Å². The van der Waals surface area contributed by atoms with Gasteiger partial charge in [0, 0.05) is 6.04 Å². The molecule has 4 heteroatoms. The molecule has 0 saturated heterocycles. The lowest BCUT2D eigenvalue weighted by molar-refractivity contribution is 0.623. The maximum absolute atomic E-state index is 12.8. The van der Waals surface area contributed by atoms with Gasteiger partial charge in [-0.05, 0) is 24.6 Å². The van der Waals surface area contributed by atoms with Crippen LogP contribution >= 0.6 is 24.0 Å². The Bertz CT molecular complexity index is 263. The molecular weight excluding hydrogens is 200 g/mol. The van der Waals surface area contributed by atoms with Crippen molar-refractivity contribution in [2.75, 3.05) is 0 Å². The lowest BCUT2D eigenvalue weighted by Gasteiger charge is -2.04. The molecule has 2 N–H and O–H groups in total. The highest BCUT2D eigenvalue weighted by atomic mass is 35.5. The molecule has 0 bridgehead atoms. The Morgan fingerprint density at radius 3 is 2.50 bits per heavy atom. The minimum Gasteiger partial charge on any atom is -0.324 e. The van der Waals surface area contributed by atoms with Gasteiger partial charge < -0.3 is 5.73 Å². The minimum absolute atomic E-state index is 0. The summed E-state index contributed by atoms with van der Waals surface area (Å²) in [4.78, 5) is 0. The van der Waals surface area contributed by atoms with Gasteiger partial charge in [0.25, 0.3) is 0 Å². The summed E-state index contributed by atoms with van der Waals surface area (Å²) in [7, 11) is 0. The molecule has 0 aliphatic carbocycles. The third-order valence-electron chi connectivity index (χ3n) is 1.47. The van der Waals surface area contributed by atoms with E-state index in [9.17, 15) is 4.39 Å². The highest BCUT2D eigenvalue weighted by molar-refractivity contribution is 6.30. The predicted octanol–water partition coefficient (Wildman–Crippen LogP) is 2.92. The molecule has 0 heterocycles. The Balaban J connectivity index is 0.00000121. The van der Waals surface area contributed by atoms with E-state index in [-0.39, 0.29) is 23.5 Å². The molecular formula is C8H10Cl2FN. The van der Waals surface area contributed by atoms with Gasteiger partial charge in [0.2, 0.25) is 0 Å². The molecule has 0 radical (unpaired) electrons. The molecule has 1 aromatic rings. The van der Waals surface area contributed by atoms with Crippen LogP contribution in [0.1, 0.15) is 18.5 Å². The van der Waals surface area contributed by atoms with E-state index in [1.54, 1.807) is 13.0 Å².